The summed E-state index contributed by atoms with van der Waals surface area (Å²) >= 11 is 0. The van der Waals surface area contributed by atoms with Gasteiger partial charge in [-0.2, -0.15) is 0 Å². The number of nitrogens with one attached hydrogen (secondary N) is 2. The van der Waals surface area contributed by atoms with Crippen molar-refractivity contribution >= 4 is 17.7 Å². The lowest BCUT2D eigenvalue weighted by Gasteiger charge is -2.32. The monoisotopic (exact) mass is 565 g/mol. The van der Waals surface area contributed by atoms with Crippen molar-refractivity contribution in [2.45, 2.75) is 31.5 Å². The summed E-state index contributed by atoms with van der Waals surface area (Å²) in [6, 6.07) is 14.3. The Morgan fingerprint density at radius 2 is 1.76 bits per heavy atom. The molecule has 2 N–H and O–H groups in total. The van der Waals surface area contributed by atoms with Crippen LogP contribution in [0.15, 0.2) is 65.3 Å². The molecule has 2 heterocycles. The van der Waals surface area contributed by atoms with Crippen LogP contribution < -0.4 is 24.8 Å². The van der Waals surface area contributed by atoms with Gasteiger partial charge in [-0.3, -0.25) is 14.4 Å². The number of benzene rings is 2. The SMILES string of the molecule is COc1ccc(CN(C(=O)CNC(=O)c2ccco2)[C@H](C(=O)NC[C@@H]2CCCO2)c2ccc(OC)c(OC)c2)cc1. The average molecular weight is 566 g/mol. The normalized spacial score (nSPS) is 15.0. The minimum atomic E-state index is -1.06. The Labute approximate surface area is 238 Å². The molecule has 2 atom stereocenters. The molecular weight excluding hydrogens is 530 g/mol. The van der Waals surface area contributed by atoms with Crippen molar-refractivity contribution in [3.8, 4) is 17.2 Å². The number of ether oxygens (including phenoxy) is 4. The van der Waals surface area contributed by atoms with E-state index in [2.05, 4.69) is 10.6 Å². The molecule has 4 rings (SSSR count). The highest BCUT2D eigenvalue weighted by Gasteiger charge is 2.33. The van der Waals surface area contributed by atoms with Crippen LogP contribution in [0, 0.1) is 0 Å². The van der Waals surface area contributed by atoms with Crippen molar-refractivity contribution in [1.29, 1.82) is 0 Å². The van der Waals surface area contributed by atoms with Crippen molar-refractivity contribution in [1.82, 2.24) is 15.5 Å². The van der Waals surface area contributed by atoms with Gasteiger partial charge in [-0.05, 0) is 60.4 Å². The summed E-state index contributed by atoms with van der Waals surface area (Å²) < 4.78 is 27.0. The number of hydrogen-bond acceptors (Lipinski definition) is 8. The van der Waals surface area contributed by atoms with Crippen LogP contribution in [-0.2, 0) is 20.9 Å². The number of furan rings is 1. The first kappa shape index (κ1) is 29.5. The number of hydrogen-bond donors (Lipinski definition) is 2. The van der Waals surface area contributed by atoms with E-state index < -0.39 is 23.8 Å². The first-order valence-electron chi connectivity index (χ1n) is 13.3. The van der Waals surface area contributed by atoms with Crippen LogP contribution in [0.2, 0.25) is 0 Å². The fraction of sp³-hybridized carbons (Fsp3) is 0.367. The lowest BCUT2D eigenvalue weighted by molar-refractivity contribution is -0.141. The Morgan fingerprint density at radius 1 is 0.976 bits per heavy atom. The molecule has 1 aliphatic rings. The van der Waals surface area contributed by atoms with Gasteiger partial charge < -0.3 is 38.9 Å². The molecule has 218 valence electrons. The van der Waals surface area contributed by atoms with Crippen LogP contribution in [0.25, 0.3) is 0 Å². The van der Waals surface area contributed by atoms with E-state index >= 15 is 0 Å². The van der Waals surface area contributed by atoms with Crippen LogP contribution in [-0.4, -0.2) is 69.8 Å². The van der Waals surface area contributed by atoms with Gasteiger partial charge >= 0.3 is 0 Å². The molecule has 0 unspecified atom stereocenters. The smallest absolute Gasteiger partial charge is 0.287 e. The molecule has 1 aliphatic heterocycles. The van der Waals surface area contributed by atoms with Crippen LogP contribution in [0.3, 0.4) is 0 Å². The Morgan fingerprint density at radius 3 is 2.39 bits per heavy atom. The number of methoxy groups -OCH3 is 3. The highest BCUT2D eigenvalue weighted by molar-refractivity contribution is 5.95. The second kappa shape index (κ2) is 14.2. The predicted molar refractivity (Wildman–Crippen MR) is 149 cm³/mol. The lowest BCUT2D eigenvalue weighted by Crippen LogP contribution is -2.48. The van der Waals surface area contributed by atoms with Crippen molar-refractivity contribution in [3.63, 3.8) is 0 Å². The standard InChI is InChI=1S/C30H35N3O8/c1-37-22-11-8-20(9-12-22)19-33(27(34)18-32-29(35)25-7-5-15-41-25)28(30(36)31-17-23-6-4-14-40-23)21-10-13-24(38-2)26(16-21)39-3/h5,7-13,15-16,23,28H,4,6,14,17-19H2,1-3H3,(H,31,36)(H,32,35)/t23-,28-/m0/s1. The largest absolute Gasteiger partial charge is 0.497 e. The van der Waals surface area contributed by atoms with Crippen LogP contribution in [0.5, 0.6) is 17.2 Å². The number of carbonyl (C=O) groups excluding carboxylic acids is 3. The van der Waals surface area contributed by atoms with Gasteiger partial charge in [0.25, 0.3) is 5.91 Å². The van der Waals surface area contributed by atoms with Crippen LogP contribution in [0.1, 0.15) is 40.6 Å². The maximum absolute atomic E-state index is 13.9. The fourth-order valence-corrected chi connectivity index (χ4v) is 4.62. The van der Waals surface area contributed by atoms with Gasteiger partial charge in [0.2, 0.25) is 11.8 Å². The second-order valence-corrected chi connectivity index (χ2v) is 9.43. The zero-order valence-corrected chi connectivity index (χ0v) is 23.4. The number of amides is 3. The minimum absolute atomic E-state index is 0.0743. The quantitative estimate of drug-likeness (QED) is 0.324. The lowest BCUT2D eigenvalue weighted by atomic mass is 10.0. The molecule has 41 heavy (non-hydrogen) atoms. The average Bonchev–Trinajstić information content (AvgIpc) is 3.74. The summed E-state index contributed by atoms with van der Waals surface area (Å²) in [7, 11) is 4.58. The van der Waals surface area contributed by atoms with Crippen molar-refractivity contribution in [2.75, 3.05) is 41.0 Å². The van der Waals surface area contributed by atoms with Crippen LogP contribution in [0.4, 0.5) is 0 Å². The molecule has 3 amide bonds. The summed E-state index contributed by atoms with van der Waals surface area (Å²) in [6.45, 7) is 0.670. The molecule has 11 nitrogen and oxygen atoms in total. The molecule has 11 heteroatoms. The molecule has 3 aromatic rings. The fourth-order valence-electron chi connectivity index (χ4n) is 4.62. The van der Waals surface area contributed by atoms with E-state index in [4.69, 9.17) is 23.4 Å². The molecule has 0 bridgehead atoms. The molecule has 1 saturated heterocycles. The second-order valence-electron chi connectivity index (χ2n) is 9.43. The molecule has 1 aromatic heterocycles. The molecule has 0 aliphatic carbocycles. The molecule has 0 saturated carbocycles. The van der Waals surface area contributed by atoms with Gasteiger partial charge in [0.05, 0.1) is 40.2 Å². The van der Waals surface area contributed by atoms with Gasteiger partial charge in [-0.1, -0.05) is 18.2 Å². The summed E-state index contributed by atoms with van der Waals surface area (Å²) in [5, 5.41) is 5.56. The van der Waals surface area contributed by atoms with Crippen LogP contribution >= 0.6 is 0 Å². The first-order chi connectivity index (χ1) is 19.9. The Kier molecular flexibility index (Phi) is 10.2. The summed E-state index contributed by atoms with van der Waals surface area (Å²) in [5.41, 5.74) is 1.26. The van der Waals surface area contributed by atoms with Crippen molar-refractivity contribution in [3.05, 3.63) is 77.7 Å². The highest BCUT2D eigenvalue weighted by Crippen LogP contribution is 2.33. The van der Waals surface area contributed by atoms with E-state index in [1.165, 1.54) is 31.4 Å². The summed E-state index contributed by atoms with van der Waals surface area (Å²) in [4.78, 5) is 41.6. The van der Waals surface area contributed by atoms with Gasteiger partial charge in [-0.15, -0.1) is 0 Å². The highest BCUT2D eigenvalue weighted by atomic mass is 16.5. The molecule has 0 radical (unpaired) electrons. The topological polar surface area (TPSA) is 129 Å². The van der Waals surface area contributed by atoms with Crippen molar-refractivity contribution < 1.29 is 37.7 Å². The maximum atomic E-state index is 13.9. The van der Waals surface area contributed by atoms with Gasteiger partial charge in [0.1, 0.15) is 11.8 Å². The minimum Gasteiger partial charge on any atom is -0.497 e. The van der Waals surface area contributed by atoms with E-state index in [0.29, 0.717) is 36.0 Å². The van der Waals surface area contributed by atoms with Gasteiger partial charge in [-0.25, -0.2) is 0 Å². The third-order valence-corrected chi connectivity index (χ3v) is 6.79. The Hall–Kier alpha value is -4.51. The summed E-state index contributed by atoms with van der Waals surface area (Å²) in [6.07, 6.45) is 3.05. The predicted octanol–water partition coefficient (Wildman–Crippen LogP) is 3.10. The van der Waals surface area contributed by atoms with E-state index in [0.717, 1.165) is 18.4 Å². The Bertz CT molecular complexity index is 1300. The number of rotatable bonds is 13. The number of carbonyl (C=O) groups is 3. The zero-order chi connectivity index (χ0) is 29.2. The van der Waals surface area contributed by atoms with E-state index in [-0.39, 0.29) is 25.0 Å². The van der Waals surface area contributed by atoms with E-state index in [9.17, 15) is 14.4 Å². The first-order valence-corrected chi connectivity index (χ1v) is 13.3. The third-order valence-electron chi connectivity index (χ3n) is 6.79. The molecule has 1 fully saturated rings. The maximum Gasteiger partial charge on any atom is 0.287 e. The number of nitrogens with zero attached hydrogens (tertiary/aromatic N) is 1. The third kappa shape index (κ3) is 7.57. The molecular formula is C30H35N3O8. The summed E-state index contributed by atoms with van der Waals surface area (Å²) in [5.74, 6) is 0.199. The van der Waals surface area contributed by atoms with E-state index in [1.54, 1.807) is 43.5 Å². The van der Waals surface area contributed by atoms with Crippen molar-refractivity contribution in [2.24, 2.45) is 0 Å². The molecule has 0 spiro atoms. The molecule has 2 aromatic carbocycles. The van der Waals surface area contributed by atoms with E-state index in [1.807, 2.05) is 12.1 Å². The Balaban J connectivity index is 1.68. The zero-order valence-electron chi connectivity index (χ0n) is 23.4. The van der Waals surface area contributed by atoms with Gasteiger partial charge in [0, 0.05) is 19.7 Å². The van der Waals surface area contributed by atoms with Gasteiger partial charge in [0.15, 0.2) is 17.3 Å².